The number of aliphatic hydroxyl groups is 2. The van der Waals surface area contributed by atoms with Gasteiger partial charge < -0.3 is 24.8 Å². The van der Waals surface area contributed by atoms with Gasteiger partial charge in [0.1, 0.15) is 24.1 Å². The van der Waals surface area contributed by atoms with E-state index in [0.717, 1.165) is 11.1 Å². The Labute approximate surface area is 222 Å². The van der Waals surface area contributed by atoms with Crippen LogP contribution in [0.4, 0.5) is 0 Å². The third kappa shape index (κ3) is 7.09. The van der Waals surface area contributed by atoms with Crippen LogP contribution in [0.1, 0.15) is 30.1 Å². The fourth-order valence-electron chi connectivity index (χ4n) is 4.72. The molecule has 3 aromatic rings. The van der Waals surface area contributed by atoms with Gasteiger partial charge >= 0.3 is 11.9 Å². The monoisotopic (exact) mass is 516 g/mol. The van der Waals surface area contributed by atoms with E-state index in [1.807, 2.05) is 60.7 Å². The number of aliphatic carboxylic acids is 1. The minimum Gasteiger partial charge on any atom is -0.490 e. The molecule has 4 rings (SSSR count). The van der Waals surface area contributed by atoms with Crippen LogP contribution < -0.4 is 4.74 Å². The summed E-state index contributed by atoms with van der Waals surface area (Å²) in [4.78, 5) is 24.5. The summed E-state index contributed by atoms with van der Waals surface area (Å²) in [7, 11) is 0. The first-order chi connectivity index (χ1) is 18.2. The summed E-state index contributed by atoms with van der Waals surface area (Å²) in [6, 6.07) is 25.9. The minimum absolute atomic E-state index is 0.0371. The van der Waals surface area contributed by atoms with Crippen molar-refractivity contribution in [2.24, 2.45) is 11.8 Å². The Morgan fingerprint density at radius 3 is 2.18 bits per heavy atom. The first kappa shape index (κ1) is 27.1. The van der Waals surface area contributed by atoms with E-state index in [4.69, 9.17) is 9.47 Å². The lowest BCUT2D eigenvalue weighted by atomic mass is 9.89. The highest BCUT2D eigenvalue weighted by atomic mass is 16.5. The molecule has 0 heterocycles. The van der Waals surface area contributed by atoms with Gasteiger partial charge in [0.25, 0.3) is 0 Å². The lowest BCUT2D eigenvalue weighted by Crippen LogP contribution is -2.31. The van der Waals surface area contributed by atoms with Crippen LogP contribution >= 0.6 is 0 Å². The average molecular weight is 517 g/mol. The lowest BCUT2D eigenvalue weighted by Gasteiger charge is -2.24. The number of benzene rings is 3. The van der Waals surface area contributed by atoms with Crippen LogP contribution in [0.5, 0.6) is 5.75 Å². The quantitative estimate of drug-likeness (QED) is 0.264. The third-order valence-electron chi connectivity index (χ3n) is 6.74. The second kappa shape index (κ2) is 12.1. The molecule has 0 saturated heterocycles. The summed E-state index contributed by atoms with van der Waals surface area (Å²) < 4.78 is 11.4. The topological polar surface area (TPSA) is 113 Å². The summed E-state index contributed by atoms with van der Waals surface area (Å²) in [6.07, 6.45) is 1.24. The van der Waals surface area contributed by atoms with E-state index in [1.165, 1.54) is 6.08 Å². The molecule has 3 aromatic carbocycles. The van der Waals surface area contributed by atoms with Crippen molar-refractivity contribution in [1.82, 2.24) is 0 Å². The van der Waals surface area contributed by atoms with Crippen molar-refractivity contribution in [2.45, 2.75) is 37.6 Å². The fourth-order valence-corrected chi connectivity index (χ4v) is 4.72. The molecule has 1 aliphatic rings. The Balaban J connectivity index is 1.47. The van der Waals surface area contributed by atoms with Crippen molar-refractivity contribution >= 4 is 11.9 Å². The van der Waals surface area contributed by atoms with Crippen molar-refractivity contribution in [3.05, 3.63) is 103 Å². The van der Waals surface area contributed by atoms with Gasteiger partial charge in [0.05, 0.1) is 18.1 Å². The first-order valence-corrected chi connectivity index (χ1v) is 12.6. The highest BCUT2D eigenvalue weighted by molar-refractivity contribution is 5.90. The zero-order valence-corrected chi connectivity index (χ0v) is 21.1. The fraction of sp³-hybridized carbons (Fsp3) is 0.290. The molecule has 1 saturated carbocycles. The predicted molar refractivity (Wildman–Crippen MR) is 143 cm³/mol. The van der Waals surface area contributed by atoms with Crippen molar-refractivity contribution in [3.8, 4) is 16.9 Å². The average Bonchev–Trinajstić information content (AvgIpc) is 3.20. The zero-order valence-electron chi connectivity index (χ0n) is 21.1. The van der Waals surface area contributed by atoms with Crippen LogP contribution in [-0.2, 0) is 9.53 Å². The van der Waals surface area contributed by atoms with Crippen LogP contribution in [-0.4, -0.2) is 51.7 Å². The van der Waals surface area contributed by atoms with Crippen molar-refractivity contribution in [2.75, 3.05) is 6.61 Å². The molecule has 0 radical (unpaired) electrons. The van der Waals surface area contributed by atoms with Gasteiger partial charge in [-0.2, -0.15) is 0 Å². The normalized spacial score (nSPS) is 22.6. The highest BCUT2D eigenvalue weighted by Crippen LogP contribution is 2.38. The van der Waals surface area contributed by atoms with E-state index in [1.54, 1.807) is 37.3 Å². The van der Waals surface area contributed by atoms with Crippen molar-refractivity contribution in [1.29, 1.82) is 0 Å². The molecule has 38 heavy (non-hydrogen) atoms. The molecule has 1 unspecified atom stereocenters. The minimum atomic E-state index is -1.38. The lowest BCUT2D eigenvalue weighted by molar-refractivity contribution is -0.139. The second-order valence-corrected chi connectivity index (χ2v) is 9.85. The summed E-state index contributed by atoms with van der Waals surface area (Å²) in [6.45, 7) is 1.53. The molecule has 7 heteroatoms. The summed E-state index contributed by atoms with van der Waals surface area (Å²) in [5, 5.41) is 30.9. The van der Waals surface area contributed by atoms with Gasteiger partial charge in [-0.3, -0.25) is 4.79 Å². The maximum atomic E-state index is 13.0. The van der Waals surface area contributed by atoms with Gasteiger partial charge in [0.15, 0.2) is 0 Å². The number of carbonyl (C=O) groups is 2. The van der Waals surface area contributed by atoms with Crippen molar-refractivity contribution in [3.63, 3.8) is 0 Å². The van der Waals surface area contributed by atoms with Crippen LogP contribution in [0.25, 0.3) is 11.1 Å². The zero-order chi connectivity index (χ0) is 27.1. The molecule has 0 bridgehead atoms. The Morgan fingerprint density at radius 2 is 1.55 bits per heavy atom. The Kier molecular flexibility index (Phi) is 8.61. The standard InChI is InChI=1S/C31H32O7/c1-31(36,20-37-24-10-6-3-7-11-24)17-16-25-26(18-29(33)34)27(32)19-28(25)38-30(35)23-14-12-22(13-15-23)21-8-4-2-5-9-21/h2-17,25-28,32,36H,18-20H2,1H3,(H,33,34)/t25-,26-,27+,28-,31?/m1/s1. The van der Waals surface area contributed by atoms with Crippen LogP contribution in [0.15, 0.2) is 97.1 Å². The number of esters is 1. The first-order valence-electron chi connectivity index (χ1n) is 12.6. The number of para-hydroxylation sites is 1. The number of carboxylic acid groups (broad SMARTS) is 1. The predicted octanol–water partition coefficient (Wildman–Crippen LogP) is 4.74. The number of carbonyl (C=O) groups excluding carboxylic acids is 1. The van der Waals surface area contributed by atoms with Gasteiger partial charge in [-0.1, -0.05) is 72.8 Å². The maximum Gasteiger partial charge on any atom is 0.338 e. The third-order valence-corrected chi connectivity index (χ3v) is 6.74. The Morgan fingerprint density at radius 1 is 0.947 bits per heavy atom. The molecule has 0 spiro atoms. The number of ether oxygens (including phenoxy) is 2. The summed E-state index contributed by atoms with van der Waals surface area (Å²) >= 11 is 0. The van der Waals surface area contributed by atoms with E-state index in [2.05, 4.69) is 0 Å². The largest absolute Gasteiger partial charge is 0.490 e. The Bertz CT molecular complexity index is 1240. The van der Waals surface area contributed by atoms with Crippen LogP contribution in [0, 0.1) is 11.8 Å². The van der Waals surface area contributed by atoms with Crippen LogP contribution in [0.2, 0.25) is 0 Å². The number of hydrogen-bond acceptors (Lipinski definition) is 6. The summed E-state index contributed by atoms with van der Waals surface area (Å²) in [5.74, 6) is -2.29. The van der Waals surface area contributed by atoms with E-state index in [0.29, 0.717) is 11.3 Å². The second-order valence-electron chi connectivity index (χ2n) is 9.85. The van der Waals surface area contributed by atoms with Gasteiger partial charge in [0, 0.05) is 18.3 Å². The summed E-state index contributed by atoms with van der Waals surface area (Å²) in [5.41, 5.74) is 0.961. The molecule has 7 nitrogen and oxygen atoms in total. The SMILES string of the molecule is CC(O)(C=C[C@@H]1[C@@H](CC(=O)O)[C@@H](O)C[C@H]1OC(=O)c1ccc(-c2ccccc2)cc1)COc1ccccc1. The van der Waals surface area contributed by atoms with Gasteiger partial charge in [0.2, 0.25) is 0 Å². The molecule has 0 aromatic heterocycles. The molecule has 5 atom stereocenters. The Hall–Kier alpha value is -3.94. The molecular weight excluding hydrogens is 484 g/mol. The molecule has 3 N–H and O–H groups in total. The van der Waals surface area contributed by atoms with E-state index in [-0.39, 0.29) is 19.4 Å². The van der Waals surface area contributed by atoms with E-state index < -0.39 is 41.6 Å². The van der Waals surface area contributed by atoms with Crippen LogP contribution in [0.3, 0.4) is 0 Å². The number of carboxylic acids is 1. The molecule has 198 valence electrons. The highest BCUT2D eigenvalue weighted by Gasteiger charge is 2.44. The smallest absolute Gasteiger partial charge is 0.338 e. The maximum absolute atomic E-state index is 13.0. The van der Waals surface area contributed by atoms with Gasteiger partial charge in [-0.25, -0.2) is 4.79 Å². The molecule has 0 amide bonds. The van der Waals surface area contributed by atoms with E-state index in [9.17, 15) is 24.9 Å². The number of hydrogen-bond donors (Lipinski definition) is 3. The van der Waals surface area contributed by atoms with Gasteiger partial charge in [-0.15, -0.1) is 0 Å². The van der Waals surface area contributed by atoms with Crippen molar-refractivity contribution < 1.29 is 34.4 Å². The molecule has 1 aliphatic carbocycles. The number of rotatable bonds is 10. The molecular formula is C31H32O7. The number of aliphatic hydroxyl groups excluding tert-OH is 1. The molecule has 0 aliphatic heterocycles. The van der Waals surface area contributed by atoms with Gasteiger partial charge in [-0.05, 0) is 42.3 Å². The van der Waals surface area contributed by atoms with E-state index >= 15 is 0 Å². The molecule has 1 fully saturated rings.